The van der Waals surface area contributed by atoms with Gasteiger partial charge in [-0.3, -0.25) is 4.90 Å². The summed E-state index contributed by atoms with van der Waals surface area (Å²) in [4.78, 5) is 2.57. The maximum absolute atomic E-state index is 11.1. The first-order chi connectivity index (χ1) is 11.7. The van der Waals surface area contributed by atoms with Crippen molar-refractivity contribution in [3.8, 4) is 0 Å². The Bertz CT molecular complexity index is 476. The van der Waals surface area contributed by atoms with Gasteiger partial charge in [-0.05, 0) is 24.8 Å². The third-order valence-corrected chi connectivity index (χ3v) is 5.74. The van der Waals surface area contributed by atoms with Crippen LogP contribution < -0.4 is 0 Å². The molecule has 2 bridgehead atoms. The molecule has 2 fully saturated rings. The first-order valence-corrected chi connectivity index (χ1v) is 9.80. The summed E-state index contributed by atoms with van der Waals surface area (Å²) in [5.74, 6) is 0. The second-order valence-corrected chi connectivity index (χ2v) is 7.80. The van der Waals surface area contributed by atoms with E-state index in [-0.39, 0.29) is 0 Å². The van der Waals surface area contributed by atoms with Crippen LogP contribution in [0.25, 0.3) is 0 Å². The fourth-order valence-corrected chi connectivity index (χ4v) is 4.46. The number of morpholine rings is 1. The highest BCUT2D eigenvalue weighted by molar-refractivity contribution is 5.15. The standard InChI is InChI=1S/C21H33NO2/c1-2-3-4-5-9-12-21(23)13-19-16-24-17-20(14-21)22(19)15-18-10-7-6-8-11-18/h6-8,10-11,19-20,23H,2-5,9,12-17H2,1H3. The molecular formula is C21H33NO2. The van der Waals surface area contributed by atoms with Crippen molar-refractivity contribution in [3.63, 3.8) is 0 Å². The number of benzene rings is 1. The van der Waals surface area contributed by atoms with Gasteiger partial charge in [0.2, 0.25) is 0 Å². The average Bonchev–Trinajstić information content (AvgIpc) is 2.57. The molecule has 2 aliphatic rings. The van der Waals surface area contributed by atoms with Crippen LogP contribution in [-0.2, 0) is 11.3 Å². The van der Waals surface area contributed by atoms with Crippen LogP contribution in [0, 0.1) is 0 Å². The highest BCUT2D eigenvalue weighted by atomic mass is 16.5. The SMILES string of the molecule is CCCCCCCC1(O)CC2COCC(C1)N2Cc1ccccc1. The Labute approximate surface area is 147 Å². The van der Waals surface area contributed by atoms with Gasteiger partial charge in [-0.2, -0.15) is 0 Å². The van der Waals surface area contributed by atoms with Gasteiger partial charge in [-0.1, -0.05) is 69.4 Å². The summed E-state index contributed by atoms with van der Waals surface area (Å²) in [6.45, 7) is 4.76. The molecule has 134 valence electrons. The van der Waals surface area contributed by atoms with E-state index < -0.39 is 5.60 Å². The number of unbranched alkanes of at least 4 members (excludes halogenated alkanes) is 4. The molecule has 0 aliphatic carbocycles. The van der Waals surface area contributed by atoms with Crippen LogP contribution in [0.2, 0.25) is 0 Å². The highest BCUT2D eigenvalue weighted by Crippen LogP contribution is 2.38. The Kier molecular flexibility index (Phi) is 6.31. The normalized spacial score (nSPS) is 30.4. The molecule has 1 N–H and O–H groups in total. The molecule has 2 unspecified atom stereocenters. The van der Waals surface area contributed by atoms with E-state index in [2.05, 4.69) is 42.2 Å². The third kappa shape index (κ3) is 4.59. The van der Waals surface area contributed by atoms with Gasteiger partial charge < -0.3 is 9.84 Å². The summed E-state index contributed by atoms with van der Waals surface area (Å²) in [6.07, 6.45) is 9.02. The molecule has 3 nitrogen and oxygen atoms in total. The predicted octanol–water partition coefficient (Wildman–Crippen LogP) is 4.14. The molecule has 2 saturated heterocycles. The van der Waals surface area contributed by atoms with Crippen LogP contribution in [0.5, 0.6) is 0 Å². The summed E-state index contributed by atoms with van der Waals surface area (Å²) >= 11 is 0. The lowest BCUT2D eigenvalue weighted by Gasteiger charge is -2.52. The van der Waals surface area contributed by atoms with Crippen LogP contribution in [-0.4, -0.2) is 40.9 Å². The Morgan fingerprint density at radius 2 is 1.71 bits per heavy atom. The zero-order valence-electron chi connectivity index (χ0n) is 15.1. The molecular weight excluding hydrogens is 298 g/mol. The Morgan fingerprint density at radius 3 is 2.38 bits per heavy atom. The molecule has 2 aliphatic heterocycles. The summed E-state index contributed by atoms with van der Waals surface area (Å²) in [6, 6.07) is 11.4. The fourth-order valence-electron chi connectivity index (χ4n) is 4.46. The van der Waals surface area contributed by atoms with Gasteiger partial charge in [-0.15, -0.1) is 0 Å². The van der Waals surface area contributed by atoms with Crippen LogP contribution in [0.4, 0.5) is 0 Å². The monoisotopic (exact) mass is 331 g/mol. The van der Waals surface area contributed by atoms with Crippen molar-refractivity contribution in [3.05, 3.63) is 35.9 Å². The smallest absolute Gasteiger partial charge is 0.0679 e. The van der Waals surface area contributed by atoms with E-state index in [1.165, 1.54) is 31.2 Å². The maximum atomic E-state index is 11.1. The summed E-state index contributed by atoms with van der Waals surface area (Å²) < 4.78 is 5.80. The van der Waals surface area contributed by atoms with Crippen LogP contribution >= 0.6 is 0 Å². The molecule has 24 heavy (non-hydrogen) atoms. The van der Waals surface area contributed by atoms with Crippen molar-refractivity contribution in [2.75, 3.05) is 13.2 Å². The van der Waals surface area contributed by atoms with Gasteiger partial charge in [0.05, 0.1) is 18.8 Å². The summed E-state index contributed by atoms with van der Waals surface area (Å²) in [7, 11) is 0. The number of ether oxygens (including phenoxy) is 1. The van der Waals surface area contributed by atoms with E-state index in [9.17, 15) is 5.11 Å². The lowest BCUT2D eigenvalue weighted by atomic mass is 9.78. The Hall–Kier alpha value is -0.900. The van der Waals surface area contributed by atoms with Crippen molar-refractivity contribution in [2.45, 2.75) is 82.5 Å². The van der Waals surface area contributed by atoms with E-state index in [0.717, 1.165) is 45.4 Å². The number of hydrogen-bond donors (Lipinski definition) is 1. The molecule has 3 heteroatoms. The topological polar surface area (TPSA) is 32.7 Å². The van der Waals surface area contributed by atoms with Gasteiger partial charge in [0.1, 0.15) is 0 Å². The summed E-state index contributed by atoms with van der Waals surface area (Å²) in [5.41, 5.74) is 0.887. The second kappa shape index (κ2) is 8.46. The zero-order chi connectivity index (χ0) is 16.8. The summed E-state index contributed by atoms with van der Waals surface area (Å²) in [5, 5.41) is 11.1. The predicted molar refractivity (Wildman–Crippen MR) is 97.9 cm³/mol. The molecule has 0 aromatic heterocycles. The van der Waals surface area contributed by atoms with E-state index in [1.807, 2.05) is 0 Å². The number of piperidine rings is 1. The maximum Gasteiger partial charge on any atom is 0.0679 e. The van der Waals surface area contributed by atoms with Gasteiger partial charge in [0.25, 0.3) is 0 Å². The molecule has 2 atom stereocenters. The lowest BCUT2D eigenvalue weighted by Crippen LogP contribution is -2.61. The van der Waals surface area contributed by atoms with E-state index in [4.69, 9.17) is 4.74 Å². The van der Waals surface area contributed by atoms with E-state index in [0.29, 0.717) is 12.1 Å². The molecule has 1 aromatic carbocycles. The number of nitrogens with zero attached hydrogens (tertiary/aromatic N) is 1. The van der Waals surface area contributed by atoms with Gasteiger partial charge in [0, 0.05) is 18.6 Å². The minimum atomic E-state index is -0.474. The molecule has 3 rings (SSSR count). The number of fused-ring (bicyclic) bond motifs is 2. The Morgan fingerprint density at radius 1 is 1.04 bits per heavy atom. The van der Waals surface area contributed by atoms with Crippen LogP contribution in [0.3, 0.4) is 0 Å². The average molecular weight is 332 g/mol. The van der Waals surface area contributed by atoms with Crippen molar-refractivity contribution in [1.82, 2.24) is 4.90 Å². The number of hydrogen-bond acceptors (Lipinski definition) is 3. The van der Waals surface area contributed by atoms with Crippen molar-refractivity contribution in [1.29, 1.82) is 0 Å². The first-order valence-electron chi connectivity index (χ1n) is 9.80. The molecule has 0 spiro atoms. The largest absolute Gasteiger partial charge is 0.390 e. The Balaban J connectivity index is 1.56. The van der Waals surface area contributed by atoms with Gasteiger partial charge >= 0.3 is 0 Å². The van der Waals surface area contributed by atoms with E-state index in [1.54, 1.807) is 0 Å². The van der Waals surface area contributed by atoms with Crippen molar-refractivity contribution in [2.24, 2.45) is 0 Å². The highest BCUT2D eigenvalue weighted by Gasteiger charge is 2.45. The van der Waals surface area contributed by atoms with E-state index >= 15 is 0 Å². The molecule has 2 heterocycles. The quantitative estimate of drug-likeness (QED) is 0.727. The van der Waals surface area contributed by atoms with Crippen molar-refractivity contribution < 1.29 is 9.84 Å². The molecule has 0 amide bonds. The van der Waals surface area contributed by atoms with Crippen LogP contribution in [0.1, 0.15) is 63.9 Å². The zero-order valence-corrected chi connectivity index (χ0v) is 15.1. The minimum absolute atomic E-state index is 0.360. The van der Waals surface area contributed by atoms with Gasteiger partial charge in [-0.25, -0.2) is 0 Å². The minimum Gasteiger partial charge on any atom is -0.390 e. The second-order valence-electron chi connectivity index (χ2n) is 7.80. The first kappa shape index (κ1) is 17.9. The van der Waals surface area contributed by atoms with Crippen LogP contribution in [0.15, 0.2) is 30.3 Å². The molecule has 1 aromatic rings. The molecule has 0 saturated carbocycles. The third-order valence-electron chi connectivity index (χ3n) is 5.74. The number of aliphatic hydroxyl groups is 1. The fraction of sp³-hybridized carbons (Fsp3) is 0.714. The van der Waals surface area contributed by atoms with Crippen molar-refractivity contribution >= 4 is 0 Å². The number of rotatable bonds is 8. The lowest BCUT2D eigenvalue weighted by molar-refractivity contribution is -0.148. The molecule has 0 radical (unpaired) electrons. The van der Waals surface area contributed by atoms with Gasteiger partial charge in [0.15, 0.2) is 0 Å².